The van der Waals surface area contributed by atoms with Crippen molar-refractivity contribution in [1.29, 1.82) is 0 Å². The number of nitrogens with zero attached hydrogens (tertiary/aromatic N) is 1. The molecule has 1 N–H and O–H groups in total. The molecule has 1 heterocycles. The van der Waals surface area contributed by atoms with E-state index in [1.165, 1.54) is 0 Å². The van der Waals surface area contributed by atoms with Crippen LogP contribution in [0.4, 0.5) is 0 Å². The molecule has 1 aromatic heterocycles. The van der Waals surface area contributed by atoms with Gasteiger partial charge in [0.2, 0.25) is 21.8 Å². The molecular formula is C24H28N2O4S. The molecule has 0 saturated heterocycles. The van der Waals surface area contributed by atoms with Crippen LogP contribution in [0.5, 0.6) is 0 Å². The number of oxazole rings is 1. The number of rotatable bonds is 8. The number of sulfonamides is 1. The summed E-state index contributed by atoms with van der Waals surface area (Å²) in [5.41, 5.74) is 3.20. The zero-order valence-electron chi connectivity index (χ0n) is 18.3. The highest BCUT2D eigenvalue weighted by atomic mass is 32.2. The Morgan fingerprint density at radius 3 is 2.23 bits per heavy atom. The first-order chi connectivity index (χ1) is 14.5. The molecule has 0 fully saturated rings. The average molecular weight is 441 g/mol. The number of hydrogen-bond donors (Lipinski definition) is 1. The topological polar surface area (TPSA) is 89.3 Å². The molecule has 0 aliphatic heterocycles. The third kappa shape index (κ3) is 6.28. The fourth-order valence-electron chi connectivity index (χ4n) is 3.35. The van der Waals surface area contributed by atoms with Crippen LogP contribution in [0, 0.1) is 12.3 Å². The van der Waals surface area contributed by atoms with E-state index >= 15 is 0 Å². The molecule has 164 valence electrons. The van der Waals surface area contributed by atoms with E-state index in [2.05, 4.69) is 9.71 Å². The van der Waals surface area contributed by atoms with Gasteiger partial charge in [-0.3, -0.25) is 9.52 Å². The number of aryl methyl sites for hydroxylation is 3. The lowest BCUT2D eigenvalue weighted by molar-refractivity contribution is -0.127. The molecule has 0 atom stereocenters. The second-order valence-electron chi connectivity index (χ2n) is 8.47. The Bertz CT molecular complexity index is 1150. The van der Waals surface area contributed by atoms with Crippen molar-refractivity contribution < 1.29 is 17.6 Å². The van der Waals surface area contributed by atoms with Crippen molar-refractivity contribution in [2.24, 2.45) is 5.41 Å². The molecule has 0 bridgehead atoms. The van der Waals surface area contributed by atoms with E-state index in [0.29, 0.717) is 12.3 Å². The van der Waals surface area contributed by atoms with Gasteiger partial charge in [-0.15, -0.1) is 0 Å². The minimum atomic E-state index is -3.57. The maximum atomic E-state index is 12.2. The zero-order valence-corrected chi connectivity index (χ0v) is 19.1. The summed E-state index contributed by atoms with van der Waals surface area (Å²) < 4.78 is 30.6. The Kier molecular flexibility index (Phi) is 6.65. The molecule has 31 heavy (non-hydrogen) atoms. The molecule has 0 spiro atoms. The molecule has 0 unspecified atom stereocenters. The van der Waals surface area contributed by atoms with Crippen LogP contribution in [0.3, 0.4) is 0 Å². The monoisotopic (exact) mass is 440 g/mol. The van der Waals surface area contributed by atoms with E-state index < -0.39 is 21.3 Å². The number of carbonyl (C=O) groups is 1. The Labute approximate surface area is 183 Å². The highest BCUT2D eigenvalue weighted by Crippen LogP contribution is 2.24. The predicted octanol–water partition coefficient (Wildman–Crippen LogP) is 4.08. The van der Waals surface area contributed by atoms with E-state index in [-0.39, 0.29) is 0 Å². The van der Waals surface area contributed by atoms with Crippen LogP contribution in [0.25, 0.3) is 11.5 Å². The molecular weight excluding hydrogens is 412 g/mol. The number of aromatic nitrogens is 1. The van der Waals surface area contributed by atoms with E-state index in [9.17, 15) is 13.2 Å². The lowest BCUT2D eigenvalue weighted by Crippen LogP contribution is -2.41. The van der Waals surface area contributed by atoms with Crippen LogP contribution < -0.4 is 4.72 Å². The molecule has 1 amide bonds. The van der Waals surface area contributed by atoms with Crippen molar-refractivity contribution in [1.82, 2.24) is 9.71 Å². The summed E-state index contributed by atoms with van der Waals surface area (Å²) in [7, 11) is -3.57. The lowest BCUT2D eigenvalue weighted by Gasteiger charge is -2.23. The van der Waals surface area contributed by atoms with Gasteiger partial charge < -0.3 is 4.42 Å². The second kappa shape index (κ2) is 9.06. The average Bonchev–Trinajstić information content (AvgIpc) is 3.07. The second-order valence-corrected chi connectivity index (χ2v) is 10.2. The minimum Gasteiger partial charge on any atom is -0.441 e. The Hall–Kier alpha value is -2.93. The molecule has 0 aliphatic carbocycles. The Morgan fingerprint density at radius 1 is 1.00 bits per heavy atom. The van der Waals surface area contributed by atoms with Crippen molar-refractivity contribution in [3.63, 3.8) is 0 Å². The zero-order chi connectivity index (χ0) is 22.6. The van der Waals surface area contributed by atoms with Crippen LogP contribution in [0.2, 0.25) is 0 Å². The van der Waals surface area contributed by atoms with Crippen LogP contribution >= 0.6 is 0 Å². The number of carbonyl (C=O) groups excluding carboxylic acids is 1. The van der Waals surface area contributed by atoms with Gasteiger partial charge in [0.25, 0.3) is 0 Å². The van der Waals surface area contributed by atoms with Gasteiger partial charge in [0.15, 0.2) is 0 Å². The standard InChI is InChI=1S/C24H28N2O4S/c1-17-21(25-22(30-17)20-8-6-5-7-9-20)15-14-18-10-12-19(13-11-18)16-24(2,3)23(27)26-31(4,28)29/h5-13H,14-16H2,1-4H3,(H,26,27). The highest BCUT2D eigenvalue weighted by molar-refractivity contribution is 7.89. The summed E-state index contributed by atoms with van der Waals surface area (Å²) >= 11 is 0. The quantitative estimate of drug-likeness (QED) is 0.570. The number of nitrogens with one attached hydrogen (secondary N) is 1. The fraction of sp³-hybridized carbons (Fsp3) is 0.333. The number of benzene rings is 2. The summed E-state index contributed by atoms with van der Waals surface area (Å²) in [6.45, 7) is 5.40. The maximum Gasteiger partial charge on any atom is 0.239 e. The molecule has 3 aromatic rings. The third-order valence-corrected chi connectivity index (χ3v) is 5.68. The summed E-state index contributed by atoms with van der Waals surface area (Å²) in [4.78, 5) is 16.9. The van der Waals surface area contributed by atoms with Crippen LogP contribution in [-0.2, 0) is 34.1 Å². The first kappa shape index (κ1) is 22.7. The van der Waals surface area contributed by atoms with Gasteiger partial charge >= 0.3 is 0 Å². The summed E-state index contributed by atoms with van der Waals surface area (Å²) in [5.74, 6) is 0.960. The first-order valence-corrected chi connectivity index (χ1v) is 12.0. The molecule has 0 saturated carbocycles. The van der Waals surface area contributed by atoms with Crippen molar-refractivity contribution in [3.05, 3.63) is 77.2 Å². The van der Waals surface area contributed by atoms with Gasteiger partial charge in [-0.25, -0.2) is 13.4 Å². The van der Waals surface area contributed by atoms with E-state index in [1.807, 2.05) is 61.5 Å². The smallest absolute Gasteiger partial charge is 0.239 e. The number of amides is 1. The maximum absolute atomic E-state index is 12.2. The van der Waals surface area contributed by atoms with E-state index in [1.54, 1.807) is 13.8 Å². The normalized spacial score (nSPS) is 12.0. The van der Waals surface area contributed by atoms with Crippen LogP contribution in [0.1, 0.15) is 36.4 Å². The first-order valence-electron chi connectivity index (χ1n) is 10.2. The third-order valence-electron chi connectivity index (χ3n) is 5.13. The Morgan fingerprint density at radius 2 is 1.61 bits per heavy atom. The van der Waals surface area contributed by atoms with Crippen LogP contribution in [0.15, 0.2) is 59.0 Å². The van der Waals surface area contributed by atoms with Crippen molar-refractivity contribution in [2.75, 3.05) is 6.26 Å². The molecule has 0 radical (unpaired) electrons. The van der Waals surface area contributed by atoms with Gasteiger partial charge in [-0.2, -0.15) is 0 Å². The highest BCUT2D eigenvalue weighted by Gasteiger charge is 2.29. The SMILES string of the molecule is Cc1oc(-c2ccccc2)nc1CCc1ccc(CC(C)(C)C(=O)NS(C)(=O)=O)cc1. The van der Waals surface area contributed by atoms with Gasteiger partial charge in [0.1, 0.15) is 5.76 Å². The van der Waals surface area contributed by atoms with Crippen molar-refractivity contribution in [2.45, 2.75) is 40.0 Å². The number of hydrogen-bond acceptors (Lipinski definition) is 5. The van der Waals surface area contributed by atoms with Crippen molar-refractivity contribution in [3.8, 4) is 11.5 Å². The van der Waals surface area contributed by atoms with Gasteiger partial charge in [0, 0.05) is 11.0 Å². The van der Waals surface area contributed by atoms with E-state index in [4.69, 9.17) is 4.42 Å². The summed E-state index contributed by atoms with van der Waals surface area (Å²) in [6, 6.07) is 17.9. The predicted molar refractivity (Wildman–Crippen MR) is 121 cm³/mol. The minimum absolute atomic E-state index is 0.442. The molecule has 3 rings (SSSR count). The van der Waals surface area contributed by atoms with Gasteiger partial charge in [0.05, 0.1) is 11.9 Å². The van der Waals surface area contributed by atoms with Gasteiger partial charge in [-0.05, 0) is 49.4 Å². The van der Waals surface area contributed by atoms with Crippen LogP contribution in [-0.4, -0.2) is 25.6 Å². The van der Waals surface area contributed by atoms with Gasteiger partial charge in [-0.1, -0.05) is 56.3 Å². The van der Waals surface area contributed by atoms with E-state index in [0.717, 1.165) is 47.2 Å². The largest absolute Gasteiger partial charge is 0.441 e. The molecule has 2 aromatic carbocycles. The molecule has 0 aliphatic rings. The Balaban J connectivity index is 1.61. The summed E-state index contributed by atoms with van der Waals surface area (Å²) in [6.07, 6.45) is 3.01. The molecule has 6 nitrogen and oxygen atoms in total. The fourth-order valence-corrected chi connectivity index (χ4v) is 3.96. The molecule has 7 heteroatoms. The summed E-state index contributed by atoms with van der Waals surface area (Å²) in [5, 5.41) is 0. The lowest BCUT2D eigenvalue weighted by atomic mass is 9.85. The van der Waals surface area contributed by atoms with Crippen molar-refractivity contribution >= 4 is 15.9 Å².